The highest BCUT2D eigenvalue weighted by molar-refractivity contribution is 9.10. The maximum Gasteiger partial charge on any atom is 0.268 e. The number of nitrogens with two attached hydrogens (primary N) is 1. The number of rotatable bonds is 3. The Morgan fingerprint density at radius 1 is 1.30 bits per heavy atom. The Bertz CT molecular complexity index is 958. The van der Waals surface area contributed by atoms with Crippen LogP contribution in [-0.4, -0.2) is 11.6 Å². The first-order valence-corrected chi connectivity index (χ1v) is 7.05. The van der Waals surface area contributed by atoms with Gasteiger partial charge >= 0.3 is 0 Å². The molecular formula is C16H9BrN4O2. The van der Waals surface area contributed by atoms with Gasteiger partial charge in [-0.05, 0) is 33.6 Å². The predicted molar refractivity (Wildman–Crippen MR) is 88.4 cm³/mol. The number of nitrogens with one attached hydrogen (secondary N) is 1. The molecule has 0 aliphatic rings. The summed E-state index contributed by atoms with van der Waals surface area (Å²) >= 11 is 3.33. The highest BCUT2D eigenvalue weighted by Gasteiger charge is 2.18. The largest absolute Gasteiger partial charge is 0.480 e. The molecule has 3 N–H and O–H groups in total. The average molecular weight is 369 g/mol. The molecule has 0 amide bonds. The van der Waals surface area contributed by atoms with E-state index in [9.17, 15) is 15.3 Å². The minimum Gasteiger partial charge on any atom is -0.480 e. The van der Waals surface area contributed by atoms with Crippen LogP contribution in [0.25, 0.3) is 11.1 Å². The van der Waals surface area contributed by atoms with E-state index in [1.54, 1.807) is 18.2 Å². The molecule has 0 aliphatic heterocycles. The van der Waals surface area contributed by atoms with Gasteiger partial charge in [-0.15, -0.1) is 6.42 Å². The number of anilines is 1. The molecule has 1 heterocycles. The summed E-state index contributed by atoms with van der Waals surface area (Å²) in [4.78, 5) is 14.2. The van der Waals surface area contributed by atoms with E-state index in [1.165, 1.54) is 0 Å². The minimum atomic E-state index is -0.650. The number of aromatic amines is 1. The van der Waals surface area contributed by atoms with Crippen LogP contribution < -0.4 is 16.0 Å². The molecule has 0 saturated heterocycles. The Morgan fingerprint density at radius 3 is 2.57 bits per heavy atom. The Morgan fingerprint density at radius 2 is 2.00 bits per heavy atom. The summed E-state index contributed by atoms with van der Waals surface area (Å²) in [5.41, 5.74) is 5.55. The Hall–Kier alpha value is -3.21. The van der Waals surface area contributed by atoms with Crippen LogP contribution in [0.3, 0.4) is 0 Å². The first kappa shape index (κ1) is 16.2. The van der Waals surface area contributed by atoms with Gasteiger partial charge in [0.1, 0.15) is 41.4 Å². The third-order valence-corrected chi connectivity index (χ3v) is 3.62. The summed E-state index contributed by atoms with van der Waals surface area (Å²) < 4.78 is 5.90. The maximum absolute atomic E-state index is 11.9. The van der Waals surface area contributed by atoms with E-state index in [4.69, 9.17) is 16.9 Å². The number of terminal acetylenes is 1. The van der Waals surface area contributed by atoms with Crippen molar-refractivity contribution in [2.24, 2.45) is 0 Å². The van der Waals surface area contributed by atoms with Crippen molar-refractivity contribution >= 4 is 21.7 Å². The number of nitrogen functional groups attached to an aromatic ring is 1. The van der Waals surface area contributed by atoms with Crippen LogP contribution in [0.4, 0.5) is 5.82 Å². The van der Waals surface area contributed by atoms with E-state index < -0.39 is 5.56 Å². The molecule has 0 saturated carbocycles. The molecule has 0 unspecified atom stereocenters. The number of halogens is 1. The van der Waals surface area contributed by atoms with Crippen molar-refractivity contribution < 1.29 is 4.74 Å². The molecule has 0 bridgehead atoms. The summed E-state index contributed by atoms with van der Waals surface area (Å²) in [6, 6.07) is 8.59. The molecular weight excluding hydrogens is 360 g/mol. The van der Waals surface area contributed by atoms with E-state index in [0.717, 1.165) is 0 Å². The Kier molecular flexibility index (Phi) is 4.71. The number of ether oxygens (including phenoxy) is 1. The van der Waals surface area contributed by atoms with Crippen molar-refractivity contribution in [3.8, 4) is 41.4 Å². The quantitative estimate of drug-likeness (QED) is 0.805. The molecule has 112 valence electrons. The maximum atomic E-state index is 11.9. The highest BCUT2D eigenvalue weighted by Crippen LogP contribution is 2.34. The fourth-order valence-electron chi connectivity index (χ4n) is 2.02. The first-order chi connectivity index (χ1) is 11.0. The van der Waals surface area contributed by atoms with E-state index >= 15 is 0 Å². The van der Waals surface area contributed by atoms with Crippen LogP contribution in [0.2, 0.25) is 0 Å². The molecule has 0 radical (unpaired) electrons. The van der Waals surface area contributed by atoms with E-state index in [-0.39, 0.29) is 29.1 Å². The smallest absolute Gasteiger partial charge is 0.268 e. The lowest BCUT2D eigenvalue weighted by Crippen LogP contribution is -2.16. The van der Waals surface area contributed by atoms with Gasteiger partial charge in [-0.1, -0.05) is 12.0 Å². The van der Waals surface area contributed by atoms with Crippen LogP contribution in [-0.2, 0) is 0 Å². The number of aromatic nitrogens is 1. The van der Waals surface area contributed by atoms with Crippen molar-refractivity contribution in [2.45, 2.75) is 0 Å². The lowest BCUT2D eigenvalue weighted by molar-refractivity contribution is 0.368. The van der Waals surface area contributed by atoms with Crippen molar-refractivity contribution in [3.63, 3.8) is 0 Å². The average Bonchev–Trinajstić information content (AvgIpc) is 2.53. The molecule has 0 atom stereocenters. The number of nitrogens with zero attached hydrogens (tertiary/aromatic N) is 2. The molecule has 0 fully saturated rings. The van der Waals surface area contributed by atoms with Gasteiger partial charge < -0.3 is 15.5 Å². The number of benzene rings is 1. The molecule has 2 aromatic rings. The van der Waals surface area contributed by atoms with E-state index in [0.29, 0.717) is 15.8 Å². The van der Waals surface area contributed by atoms with Gasteiger partial charge in [0.05, 0.1) is 4.47 Å². The lowest BCUT2D eigenvalue weighted by Gasteiger charge is -2.11. The van der Waals surface area contributed by atoms with Crippen molar-refractivity contribution in [1.82, 2.24) is 4.98 Å². The second-order valence-electron chi connectivity index (χ2n) is 4.35. The normalized spacial score (nSPS) is 9.48. The second-order valence-corrected chi connectivity index (χ2v) is 5.21. The third-order valence-electron chi connectivity index (χ3n) is 3.00. The SMILES string of the molecule is C#CCOc1ccc(-c2c(C#N)c(N)[nH]c(=O)c2C#N)cc1Br. The van der Waals surface area contributed by atoms with Gasteiger partial charge in [0.2, 0.25) is 0 Å². The zero-order valence-corrected chi connectivity index (χ0v) is 13.3. The van der Waals surface area contributed by atoms with Gasteiger partial charge in [-0.3, -0.25) is 4.79 Å². The van der Waals surface area contributed by atoms with E-state index in [1.807, 2.05) is 12.1 Å². The fourth-order valence-corrected chi connectivity index (χ4v) is 2.52. The number of H-pyrrole nitrogens is 1. The zero-order valence-electron chi connectivity index (χ0n) is 11.7. The van der Waals surface area contributed by atoms with Gasteiger partial charge in [0, 0.05) is 5.56 Å². The van der Waals surface area contributed by atoms with Crippen LogP contribution in [0.15, 0.2) is 27.5 Å². The lowest BCUT2D eigenvalue weighted by atomic mass is 9.96. The monoisotopic (exact) mass is 368 g/mol. The van der Waals surface area contributed by atoms with Crippen LogP contribution in [0.1, 0.15) is 11.1 Å². The standard InChI is InChI=1S/C16H9BrN4O2/c1-2-5-23-13-4-3-9(6-12(13)17)14-10(7-18)15(20)21-16(22)11(14)8-19/h1,3-4,6H,5H2,(H3,20,21,22). The molecule has 1 aromatic heterocycles. The molecule has 2 rings (SSSR count). The van der Waals surface area contributed by atoms with Crippen molar-refractivity contribution in [1.29, 1.82) is 10.5 Å². The number of nitriles is 2. The highest BCUT2D eigenvalue weighted by atomic mass is 79.9. The van der Waals surface area contributed by atoms with Crippen molar-refractivity contribution in [3.05, 3.63) is 44.2 Å². The summed E-state index contributed by atoms with van der Waals surface area (Å²) in [7, 11) is 0. The molecule has 6 nitrogen and oxygen atoms in total. The minimum absolute atomic E-state index is 0.0327. The Labute approximate surface area is 140 Å². The first-order valence-electron chi connectivity index (χ1n) is 6.25. The Balaban J connectivity index is 2.71. The van der Waals surface area contributed by atoms with Gasteiger partial charge in [0.15, 0.2) is 0 Å². The summed E-state index contributed by atoms with van der Waals surface area (Å²) in [5.74, 6) is 2.76. The summed E-state index contributed by atoms with van der Waals surface area (Å²) in [6.45, 7) is 0.1000. The predicted octanol–water partition coefficient (Wildman–Crippen LogP) is 2.14. The van der Waals surface area contributed by atoms with Crippen LogP contribution >= 0.6 is 15.9 Å². The zero-order chi connectivity index (χ0) is 17.0. The number of pyridine rings is 1. The van der Waals surface area contributed by atoms with Crippen molar-refractivity contribution in [2.75, 3.05) is 12.3 Å². The fraction of sp³-hybridized carbons (Fsp3) is 0.0625. The number of hydrogen-bond donors (Lipinski definition) is 2. The second kappa shape index (κ2) is 6.70. The summed E-state index contributed by atoms with van der Waals surface area (Å²) in [5, 5.41) is 18.5. The number of hydrogen-bond acceptors (Lipinski definition) is 5. The third kappa shape index (κ3) is 3.03. The topological polar surface area (TPSA) is 116 Å². The van der Waals surface area contributed by atoms with Gasteiger partial charge in [0.25, 0.3) is 5.56 Å². The van der Waals surface area contributed by atoms with Crippen LogP contribution in [0, 0.1) is 35.0 Å². The molecule has 0 aliphatic carbocycles. The molecule has 1 aromatic carbocycles. The van der Waals surface area contributed by atoms with E-state index in [2.05, 4.69) is 26.8 Å². The molecule has 23 heavy (non-hydrogen) atoms. The molecule has 7 heteroatoms. The van der Waals surface area contributed by atoms with Gasteiger partial charge in [-0.25, -0.2) is 0 Å². The van der Waals surface area contributed by atoms with Crippen LogP contribution in [0.5, 0.6) is 5.75 Å². The summed E-state index contributed by atoms with van der Waals surface area (Å²) in [6.07, 6.45) is 5.14. The molecule has 0 spiro atoms. The van der Waals surface area contributed by atoms with Gasteiger partial charge in [-0.2, -0.15) is 10.5 Å².